The molecule has 10 rings (SSSR count). The van der Waals surface area contributed by atoms with Crippen molar-refractivity contribution in [3.05, 3.63) is 135 Å². The molecule has 0 spiro atoms. The molecular weight excluding hydrogens is 663 g/mol. The molecule has 3 nitrogen and oxygen atoms in total. The van der Waals surface area contributed by atoms with Crippen LogP contribution in [0.3, 0.4) is 0 Å². The Labute approximate surface area is 309 Å². The van der Waals surface area contributed by atoms with Crippen molar-refractivity contribution in [2.45, 2.75) is 70.3 Å². The van der Waals surface area contributed by atoms with Crippen molar-refractivity contribution >= 4 is 34.0 Å². The van der Waals surface area contributed by atoms with Gasteiger partial charge in [0.05, 0.1) is 24.4 Å². The van der Waals surface area contributed by atoms with Gasteiger partial charge in [-0.3, -0.25) is 0 Å². The number of hydrogen-bond donors (Lipinski definition) is 0. The topological polar surface area (TPSA) is 23.4 Å². The molecule has 2 aliphatic heterocycles. The van der Waals surface area contributed by atoms with E-state index >= 15 is 0 Å². The van der Waals surface area contributed by atoms with Crippen LogP contribution in [0.15, 0.2) is 108 Å². The van der Waals surface area contributed by atoms with E-state index in [9.17, 15) is 0 Å². The highest BCUT2D eigenvalue weighted by atomic mass is 32.2. The summed E-state index contributed by atoms with van der Waals surface area (Å²) in [6.45, 7) is 10.6. The maximum atomic E-state index is 6.14. The zero-order valence-corrected chi connectivity index (χ0v) is 31.4. The first-order valence-electron chi connectivity index (χ1n) is 18.5. The summed E-state index contributed by atoms with van der Waals surface area (Å²) < 4.78 is 14.9. The lowest BCUT2D eigenvalue weighted by Gasteiger charge is -2.35. The predicted octanol–water partition coefficient (Wildman–Crippen LogP) is 12.3. The summed E-state index contributed by atoms with van der Waals surface area (Å²) in [5.74, 6) is 0. The van der Waals surface area contributed by atoms with Crippen LogP contribution in [0.25, 0.3) is 49.4 Å². The molecule has 2 aliphatic carbocycles. The van der Waals surface area contributed by atoms with Gasteiger partial charge in [0.2, 0.25) is 0 Å². The van der Waals surface area contributed by atoms with E-state index in [4.69, 9.17) is 9.47 Å². The zero-order valence-electron chi connectivity index (χ0n) is 29.8. The smallest absolute Gasteiger partial charge is 0.189 e. The second-order valence-electron chi connectivity index (χ2n) is 16.0. The number of allylic oxidation sites excluding steroid dienone is 1. The minimum Gasteiger partial charge on any atom is -0.347 e. The van der Waals surface area contributed by atoms with Crippen LogP contribution in [-0.4, -0.2) is 24.1 Å². The number of fused-ring (bicyclic) bond motifs is 3. The van der Waals surface area contributed by atoms with Gasteiger partial charge < -0.3 is 14.0 Å². The van der Waals surface area contributed by atoms with Crippen molar-refractivity contribution in [1.29, 1.82) is 0 Å². The van der Waals surface area contributed by atoms with Gasteiger partial charge >= 0.3 is 0 Å². The van der Waals surface area contributed by atoms with Crippen molar-refractivity contribution in [3.8, 4) is 38.5 Å². The molecule has 256 valence electrons. The Hall–Kier alpha value is -3.87. The van der Waals surface area contributed by atoms with E-state index < -0.39 is 0 Å². The molecule has 1 fully saturated rings. The van der Waals surface area contributed by atoms with Crippen LogP contribution in [0, 0.1) is 5.41 Å². The van der Waals surface area contributed by atoms with Crippen molar-refractivity contribution in [2.75, 3.05) is 13.2 Å². The summed E-state index contributed by atoms with van der Waals surface area (Å²) in [7, 11) is 0. The summed E-state index contributed by atoms with van der Waals surface area (Å²) in [4.78, 5) is 4.05. The van der Waals surface area contributed by atoms with Gasteiger partial charge in [-0.25, -0.2) is 0 Å². The first-order valence-corrected chi connectivity index (χ1v) is 20.2. The molecule has 4 aliphatic rings. The molecule has 51 heavy (non-hydrogen) atoms. The Morgan fingerprint density at radius 3 is 2.31 bits per heavy atom. The number of aryl methyl sites for hydroxylation is 2. The minimum absolute atomic E-state index is 0.0505. The van der Waals surface area contributed by atoms with Crippen LogP contribution < -0.4 is 0 Å². The second-order valence-corrected chi connectivity index (χ2v) is 18.4. The maximum Gasteiger partial charge on any atom is 0.189 e. The monoisotopic (exact) mass is 705 g/mol. The van der Waals surface area contributed by atoms with Crippen LogP contribution in [0.5, 0.6) is 0 Å². The highest BCUT2D eigenvalue weighted by Gasteiger charge is 2.37. The minimum atomic E-state index is -0.215. The van der Waals surface area contributed by atoms with Gasteiger partial charge in [-0.2, -0.15) is 0 Å². The number of thiophene rings is 1. The molecule has 5 heteroatoms. The molecule has 0 N–H and O–H groups in total. The number of nitrogens with zero attached hydrogens (tertiary/aromatic N) is 1. The number of hydrogen-bond acceptors (Lipinski definition) is 4. The van der Waals surface area contributed by atoms with Gasteiger partial charge in [0.1, 0.15) is 0 Å². The fourth-order valence-electron chi connectivity index (χ4n) is 9.04. The van der Waals surface area contributed by atoms with Gasteiger partial charge in [-0.05, 0) is 101 Å². The number of thioether (sulfide) groups is 1. The SMILES string of the molecule is CC1(C)COC(C2=CCC(c3ccc(-c4ccc5c6c4CCCc6c(-c4ccccc4)n5-c4ccc5c(c4)C(C)(C)c4ccccc4-5)s3)S2)OC1. The lowest BCUT2D eigenvalue weighted by molar-refractivity contribution is -0.199. The van der Waals surface area contributed by atoms with E-state index in [0.29, 0.717) is 5.25 Å². The molecule has 0 bridgehead atoms. The van der Waals surface area contributed by atoms with Crippen molar-refractivity contribution in [3.63, 3.8) is 0 Å². The standard InChI is InChI=1S/C46H43NO2S2/c1-45(2)26-48-44(49-27-45)41-24-23-40(51-41)39-22-21-38(50-39)32-19-20-37-42-33(32)14-10-15-34(42)43(28-11-6-5-7-12-28)47(37)29-17-18-31-30-13-8-9-16-35(30)46(3,4)36(31)25-29/h5-9,11-13,16-22,24-25,40,44H,10,14-15,23,26-27H2,1-4H3. The number of rotatable bonds is 5. The Bertz CT molecular complexity index is 2370. The molecule has 0 saturated carbocycles. The average molecular weight is 706 g/mol. The first-order chi connectivity index (χ1) is 24.8. The third-order valence-electron chi connectivity index (χ3n) is 11.6. The quantitative estimate of drug-likeness (QED) is 0.178. The Balaban J connectivity index is 1.05. The molecule has 4 aromatic carbocycles. The highest BCUT2D eigenvalue weighted by molar-refractivity contribution is 8.03. The van der Waals surface area contributed by atoms with Crippen LogP contribution in [0.2, 0.25) is 0 Å². The highest BCUT2D eigenvalue weighted by Crippen LogP contribution is 2.52. The van der Waals surface area contributed by atoms with Gasteiger partial charge in [-0.15, -0.1) is 23.1 Å². The summed E-state index contributed by atoms with van der Waals surface area (Å²) in [6, 6.07) is 36.8. The number of ether oxygens (including phenoxy) is 2. The van der Waals surface area contributed by atoms with Crippen LogP contribution in [0.1, 0.15) is 72.9 Å². The first kappa shape index (κ1) is 31.8. The fraction of sp³-hybridized carbons (Fsp3) is 0.304. The van der Waals surface area contributed by atoms with Crippen LogP contribution in [-0.2, 0) is 27.7 Å². The number of aromatic nitrogens is 1. The van der Waals surface area contributed by atoms with Crippen molar-refractivity contribution in [2.24, 2.45) is 5.41 Å². The fourth-order valence-corrected chi connectivity index (χ4v) is 11.5. The van der Waals surface area contributed by atoms with E-state index in [0.717, 1.165) is 38.9 Å². The molecule has 1 unspecified atom stereocenters. The van der Waals surface area contributed by atoms with E-state index in [1.54, 1.807) is 0 Å². The molecule has 0 amide bonds. The molecule has 2 aromatic heterocycles. The average Bonchev–Trinajstić information content (AvgIpc) is 3.94. The molecular formula is C46H43NO2S2. The lowest BCUT2D eigenvalue weighted by Crippen LogP contribution is -2.38. The van der Waals surface area contributed by atoms with E-state index in [-0.39, 0.29) is 17.1 Å². The largest absolute Gasteiger partial charge is 0.347 e. The second kappa shape index (κ2) is 11.8. The van der Waals surface area contributed by atoms with E-state index in [2.05, 4.69) is 135 Å². The molecule has 0 radical (unpaired) electrons. The van der Waals surface area contributed by atoms with E-state index in [1.807, 2.05) is 23.1 Å². The van der Waals surface area contributed by atoms with Crippen LogP contribution in [0.4, 0.5) is 0 Å². The van der Waals surface area contributed by atoms with Crippen molar-refractivity contribution in [1.82, 2.24) is 4.57 Å². The normalized spacial score (nSPS) is 20.4. The van der Waals surface area contributed by atoms with Gasteiger partial charge in [0, 0.05) is 41.8 Å². The molecule has 1 atom stereocenters. The van der Waals surface area contributed by atoms with Crippen LogP contribution >= 0.6 is 23.1 Å². The third-order valence-corrected chi connectivity index (χ3v) is 14.3. The summed E-state index contributed by atoms with van der Waals surface area (Å²) in [6.07, 6.45) is 6.51. The Morgan fingerprint density at radius 1 is 0.725 bits per heavy atom. The maximum absolute atomic E-state index is 6.14. The predicted molar refractivity (Wildman–Crippen MR) is 214 cm³/mol. The van der Waals surface area contributed by atoms with Gasteiger partial charge in [0.15, 0.2) is 6.29 Å². The lowest BCUT2D eigenvalue weighted by atomic mass is 9.82. The number of benzene rings is 4. The molecule has 6 aromatic rings. The van der Waals surface area contributed by atoms with E-state index in [1.165, 1.54) is 81.5 Å². The Kier molecular flexibility index (Phi) is 7.38. The molecule has 1 saturated heterocycles. The molecule has 4 heterocycles. The summed E-state index contributed by atoms with van der Waals surface area (Å²) in [5, 5.41) is 1.88. The summed E-state index contributed by atoms with van der Waals surface area (Å²) >= 11 is 3.90. The third kappa shape index (κ3) is 5.07. The van der Waals surface area contributed by atoms with Gasteiger partial charge in [-0.1, -0.05) is 101 Å². The van der Waals surface area contributed by atoms with Gasteiger partial charge in [0.25, 0.3) is 0 Å². The van der Waals surface area contributed by atoms with Crippen molar-refractivity contribution < 1.29 is 9.47 Å². The zero-order chi connectivity index (χ0) is 34.5. The Morgan fingerprint density at radius 2 is 1.47 bits per heavy atom. The summed E-state index contributed by atoms with van der Waals surface area (Å²) in [5.41, 5.74) is 15.2.